The number of carbonyl (C=O) groups is 2. The summed E-state index contributed by atoms with van der Waals surface area (Å²) in [6, 6.07) is -0.833. The van der Waals surface area contributed by atoms with E-state index in [1.54, 1.807) is 11.9 Å². The van der Waals surface area contributed by atoms with Gasteiger partial charge in [0, 0.05) is 13.6 Å². The number of hydrogen-bond donors (Lipinski definition) is 2. The molecular weight excluding hydrogens is 158 g/mol. The lowest BCUT2D eigenvalue weighted by molar-refractivity contribution is -0.124. The summed E-state index contributed by atoms with van der Waals surface area (Å²) in [5.41, 5.74) is 8.50. The van der Waals surface area contributed by atoms with Crippen LogP contribution in [0.3, 0.4) is 0 Å². The molecule has 12 heavy (non-hydrogen) atoms. The first kappa shape index (κ1) is 13.1. The minimum Gasteiger partial charge on any atom is -0.352 e. The molecule has 70 valence electrons. The molecular formula is C7H15N3O2. The van der Waals surface area contributed by atoms with E-state index >= 15 is 0 Å². The fourth-order valence-corrected chi connectivity index (χ4v) is 0.312. The third-order valence-corrected chi connectivity index (χ3v) is 1.03. The number of likely N-dealkylation sites (N-methyl/N-ethyl adjacent to an activating group) is 1. The van der Waals surface area contributed by atoms with Gasteiger partial charge in [-0.1, -0.05) is 6.58 Å². The SMILES string of the molecule is C=CC(=O)N(C)CC.NC(N)=O. The van der Waals surface area contributed by atoms with Crippen molar-refractivity contribution >= 4 is 11.9 Å². The summed E-state index contributed by atoms with van der Waals surface area (Å²) in [5, 5.41) is 0. The average Bonchev–Trinajstić information content (AvgIpc) is 2.00. The van der Waals surface area contributed by atoms with Gasteiger partial charge in [0.05, 0.1) is 0 Å². The minimum atomic E-state index is -0.833. The molecule has 0 saturated heterocycles. The molecule has 0 rings (SSSR count). The largest absolute Gasteiger partial charge is 0.352 e. The summed E-state index contributed by atoms with van der Waals surface area (Å²) >= 11 is 0. The van der Waals surface area contributed by atoms with Crippen LogP contribution in [0.2, 0.25) is 0 Å². The normalized spacial score (nSPS) is 7.50. The number of amides is 3. The number of nitrogens with zero attached hydrogens (tertiary/aromatic N) is 1. The molecule has 0 aliphatic heterocycles. The molecule has 4 N–H and O–H groups in total. The summed E-state index contributed by atoms with van der Waals surface area (Å²) in [5.74, 6) is -0.0208. The smallest absolute Gasteiger partial charge is 0.309 e. The van der Waals surface area contributed by atoms with Gasteiger partial charge in [-0.25, -0.2) is 4.79 Å². The number of rotatable bonds is 2. The Labute approximate surface area is 72.0 Å². The van der Waals surface area contributed by atoms with Gasteiger partial charge in [0.15, 0.2) is 0 Å². The van der Waals surface area contributed by atoms with E-state index < -0.39 is 6.03 Å². The molecule has 0 atom stereocenters. The molecule has 0 spiro atoms. The van der Waals surface area contributed by atoms with E-state index in [1.807, 2.05) is 6.92 Å². The third kappa shape index (κ3) is 11.3. The monoisotopic (exact) mass is 173 g/mol. The van der Waals surface area contributed by atoms with Gasteiger partial charge in [0.25, 0.3) is 0 Å². The van der Waals surface area contributed by atoms with E-state index in [-0.39, 0.29) is 5.91 Å². The van der Waals surface area contributed by atoms with Gasteiger partial charge in [-0.3, -0.25) is 4.79 Å². The van der Waals surface area contributed by atoms with Crippen molar-refractivity contribution in [2.24, 2.45) is 11.5 Å². The van der Waals surface area contributed by atoms with Gasteiger partial charge >= 0.3 is 6.03 Å². The van der Waals surface area contributed by atoms with Crippen LogP contribution >= 0.6 is 0 Å². The van der Waals surface area contributed by atoms with Crippen LogP contribution in [0.1, 0.15) is 6.92 Å². The first-order valence-corrected chi connectivity index (χ1v) is 3.38. The molecule has 0 radical (unpaired) electrons. The second kappa shape index (κ2) is 7.59. The lowest BCUT2D eigenvalue weighted by atomic mass is 10.5. The fraction of sp³-hybridized carbons (Fsp3) is 0.429. The van der Waals surface area contributed by atoms with Crippen molar-refractivity contribution in [3.05, 3.63) is 12.7 Å². The van der Waals surface area contributed by atoms with Gasteiger partial charge < -0.3 is 16.4 Å². The summed E-state index contributed by atoms with van der Waals surface area (Å²) in [6.07, 6.45) is 1.31. The second-order valence-corrected chi connectivity index (χ2v) is 1.96. The van der Waals surface area contributed by atoms with Gasteiger partial charge in [0.2, 0.25) is 5.91 Å². The van der Waals surface area contributed by atoms with Crippen LogP contribution in [0.15, 0.2) is 12.7 Å². The summed E-state index contributed by atoms with van der Waals surface area (Å²) in [7, 11) is 1.74. The first-order valence-electron chi connectivity index (χ1n) is 3.38. The van der Waals surface area contributed by atoms with Crippen molar-refractivity contribution in [3.8, 4) is 0 Å². The summed E-state index contributed by atoms with van der Waals surface area (Å²) in [6.45, 7) is 6.00. The standard InChI is InChI=1S/C6H11NO.CH4N2O/c1-4-6(8)7(3)5-2;2-1(3)4/h4H,1,5H2,2-3H3;(H4,2,3,4). The Hall–Kier alpha value is -1.52. The van der Waals surface area contributed by atoms with Crippen molar-refractivity contribution in [1.82, 2.24) is 4.90 Å². The molecule has 0 heterocycles. The molecule has 0 saturated carbocycles. The van der Waals surface area contributed by atoms with Gasteiger partial charge in [-0.15, -0.1) is 0 Å². The number of urea groups is 1. The molecule has 0 fully saturated rings. The molecule has 0 unspecified atom stereocenters. The van der Waals surface area contributed by atoms with Crippen LogP contribution in [-0.2, 0) is 4.79 Å². The molecule has 0 bridgehead atoms. The highest BCUT2D eigenvalue weighted by Crippen LogP contribution is 1.81. The lowest BCUT2D eigenvalue weighted by Crippen LogP contribution is -2.23. The van der Waals surface area contributed by atoms with Gasteiger partial charge in [0.1, 0.15) is 0 Å². The maximum absolute atomic E-state index is 10.6. The zero-order valence-corrected chi connectivity index (χ0v) is 7.41. The maximum atomic E-state index is 10.6. The molecule has 5 heteroatoms. The molecule has 0 aromatic carbocycles. The Balaban J connectivity index is 0. The van der Waals surface area contributed by atoms with Crippen molar-refractivity contribution in [2.45, 2.75) is 6.92 Å². The predicted molar refractivity (Wildman–Crippen MR) is 47.3 cm³/mol. The quantitative estimate of drug-likeness (QED) is 0.560. The highest BCUT2D eigenvalue weighted by molar-refractivity contribution is 5.86. The van der Waals surface area contributed by atoms with Crippen molar-refractivity contribution in [2.75, 3.05) is 13.6 Å². The Bertz CT molecular complexity index is 164. The van der Waals surface area contributed by atoms with E-state index in [0.717, 1.165) is 6.54 Å². The van der Waals surface area contributed by atoms with E-state index in [9.17, 15) is 4.79 Å². The maximum Gasteiger partial charge on any atom is 0.309 e. The van der Waals surface area contributed by atoms with Gasteiger partial charge in [-0.05, 0) is 13.0 Å². The number of carbonyl (C=O) groups excluding carboxylic acids is 2. The average molecular weight is 173 g/mol. The van der Waals surface area contributed by atoms with Crippen LogP contribution in [0, 0.1) is 0 Å². The molecule has 0 aromatic rings. The first-order chi connectivity index (χ1) is 5.45. The zero-order valence-electron chi connectivity index (χ0n) is 7.41. The molecule has 0 aliphatic carbocycles. The van der Waals surface area contributed by atoms with Crippen molar-refractivity contribution in [1.29, 1.82) is 0 Å². The van der Waals surface area contributed by atoms with E-state index in [1.165, 1.54) is 6.08 Å². The lowest BCUT2D eigenvalue weighted by Gasteiger charge is -2.09. The summed E-state index contributed by atoms with van der Waals surface area (Å²) in [4.78, 5) is 21.1. The van der Waals surface area contributed by atoms with Crippen LogP contribution in [0.25, 0.3) is 0 Å². The number of nitrogens with two attached hydrogens (primary N) is 2. The molecule has 0 aliphatic rings. The minimum absolute atomic E-state index is 0.0208. The topological polar surface area (TPSA) is 89.4 Å². The highest BCUT2D eigenvalue weighted by Gasteiger charge is 1.96. The van der Waals surface area contributed by atoms with E-state index in [0.29, 0.717) is 0 Å². The van der Waals surface area contributed by atoms with Gasteiger partial charge in [-0.2, -0.15) is 0 Å². The van der Waals surface area contributed by atoms with Crippen LogP contribution < -0.4 is 11.5 Å². The molecule has 3 amide bonds. The molecule has 5 nitrogen and oxygen atoms in total. The predicted octanol–water partition coefficient (Wildman–Crippen LogP) is -0.325. The Kier molecular flexibility index (Phi) is 8.28. The number of primary amides is 2. The second-order valence-electron chi connectivity index (χ2n) is 1.96. The Morgan fingerprint density at radius 3 is 1.92 bits per heavy atom. The van der Waals surface area contributed by atoms with Crippen LogP contribution in [0.5, 0.6) is 0 Å². The third-order valence-electron chi connectivity index (χ3n) is 1.03. The number of hydrogen-bond acceptors (Lipinski definition) is 2. The van der Waals surface area contributed by atoms with E-state index in [4.69, 9.17) is 4.79 Å². The zero-order chi connectivity index (χ0) is 10.1. The highest BCUT2D eigenvalue weighted by atomic mass is 16.2. The Morgan fingerprint density at radius 1 is 1.50 bits per heavy atom. The summed E-state index contributed by atoms with van der Waals surface area (Å²) < 4.78 is 0. The molecule has 0 aromatic heterocycles. The fourth-order valence-electron chi connectivity index (χ4n) is 0.312. The van der Waals surface area contributed by atoms with Crippen molar-refractivity contribution in [3.63, 3.8) is 0 Å². The van der Waals surface area contributed by atoms with E-state index in [2.05, 4.69) is 18.0 Å². The van der Waals surface area contributed by atoms with Crippen LogP contribution in [0.4, 0.5) is 4.79 Å². The van der Waals surface area contributed by atoms with Crippen molar-refractivity contribution < 1.29 is 9.59 Å². The Morgan fingerprint density at radius 2 is 1.83 bits per heavy atom. The van der Waals surface area contributed by atoms with Crippen LogP contribution in [-0.4, -0.2) is 30.4 Å².